The fourth-order valence-corrected chi connectivity index (χ4v) is 2.54. The van der Waals surface area contributed by atoms with Crippen LogP contribution in [0, 0.1) is 5.41 Å². The van der Waals surface area contributed by atoms with Gasteiger partial charge in [-0.15, -0.1) is 0 Å². The lowest BCUT2D eigenvalue weighted by Gasteiger charge is -2.25. The van der Waals surface area contributed by atoms with E-state index in [1.807, 2.05) is 0 Å². The molecule has 0 atom stereocenters. The molecule has 0 amide bonds. The van der Waals surface area contributed by atoms with E-state index in [0.717, 1.165) is 19.3 Å². The molecule has 0 spiro atoms. The molecule has 1 aliphatic carbocycles. The average Bonchev–Trinajstić information content (AvgIpc) is 2.67. The highest BCUT2D eigenvalue weighted by Gasteiger charge is 2.41. The summed E-state index contributed by atoms with van der Waals surface area (Å²) in [6, 6.07) is 0. The summed E-state index contributed by atoms with van der Waals surface area (Å²) < 4.78 is 4.93. The zero-order valence-corrected chi connectivity index (χ0v) is 9.47. The Kier molecular flexibility index (Phi) is 4.43. The molecule has 1 aliphatic rings. The normalized spacial score (nSPS) is 19.6. The zero-order chi connectivity index (χ0) is 10.4. The van der Waals surface area contributed by atoms with Gasteiger partial charge in [0.2, 0.25) is 0 Å². The van der Waals surface area contributed by atoms with Crippen LogP contribution in [0.25, 0.3) is 0 Å². The second kappa shape index (κ2) is 5.38. The molecule has 2 heteroatoms. The Labute approximate surface area is 87.0 Å². The molecule has 0 unspecified atom stereocenters. The van der Waals surface area contributed by atoms with Crippen LogP contribution in [-0.2, 0) is 9.53 Å². The molecule has 0 heterocycles. The number of rotatable bonds is 5. The fourth-order valence-electron chi connectivity index (χ4n) is 2.54. The summed E-state index contributed by atoms with van der Waals surface area (Å²) in [6.07, 6.45) is 9.14. The van der Waals surface area contributed by atoms with Crippen molar-refractivity contribution in [2.75, 3.05) is 7.11 Å². The topological polar surface area (TPSA) is 26.3 Å². The third-order valence-electron chi connectivity index (χ3n) is 3.44. The van der Waals surface area contributed by atoms with Gasteiger partial charge in [0.25, 0.3) is 0 Å². The van der Waals surface area contributed by atoms with E-state index >= 15 is 0 Å². The third kappa shape index (κ3) is 2.49. The molecule has 1 rings (SSSR count). The quantitative estimate of drug-likeness (QED) is 0.500. The van der Waals surface area contributed by atoms with Crippen molar-refractivity contribution in [3.63, 3.8) is 0 Å². The van der Waals surface area contributed by atoms with Crippen molar-refractivity contribution in [3.05, 3.63) is 0 Å². The maximum Gasteiger partial charge on any atom is 0.311 e. The van der Waals surface area contributed by atoms with Crippen LogP contribution >= 0.6 is 0 Å². The highest BCUT2D eigenvalue weighted by molar-refractivity contribution is 5.77. The van der Waals surface area contributed by atoms with Gasteiger partial charge in [0.15, 0.2) is 0 Å². The van der Waals surface area contributed by atoms with E-state index in [9.17, 15) is 4.79 Å². The Morgan fingerprint density at radius 2 is 1.93 bits per heavy atom. The second-order valence-corrected chi connectivity index (χ2v) is 4.44. The zero-order valence-electron chi connectivity index (χ0n) is 9.47. The lowest BCUT2D eigenvalue weighted by Crippen LogP contribution is -2.29. The average molecular weight is 198 g/mol. The van der Waals surface area contributed by atoms with Gasteiger partial charge in [0.05, 0.1) is 12.5 Å². The Morgan fingerprint density at radius 1 is 1.29 bits per heavy atom. The molecule has 2 nitrogen and oxygen atoms in total. The molecule has 0 aromatic rings. The van der Waals surface area contributed by atoms with Gasteiger partial charge < -0.3 is 4.74 Å². The minimum Gasteiger partial charge on any atom is -0.469 e. The van der Waals surface area contributed by atoms with Gasteiger partial charge in [0, 0.05) is 0 Å². The summed E-state index contributed by atoms with van der Waals surface area (Å²) in [6.45, 7) is 2.19. The van der Waals surface area contributed by atoms with Crippen molar-refractivity contribution in [2.45, 2.75) is 58.3 Å². The Bertz CT molecular complexity index is 181. The lowest BCUT2D eigenvalue weighted by atomic mass is 9.81. The molecule has 1 fully saturated rings. The van der Waals surface area contributed by atoms with Gasteiger partial charge in [-0.25, -0.2) is 0 Å². The van der Waals surface area contributed by atoms with Crippen LogP contribution in [0.4, 0.5) is 0 Å². The molecule has 14 heavy (non-hydrogen) atoms. The van der Waals surface area contributed by atoms with Crippen molar-refractivity contribution in [3.8, 4) is 0 Å². The molecular formula is C12H22O2. The van der Waals surface area contributed by atoms with Gasteiger partial charge in [-0.1, -0.05) is 39.0 Å². The largest absolute Gasteiger partial charge is 0.469 e. The highest BCUT2D eigenvalue weighted by atomic mass is 16.5. The van der Waals surface area contributed by atoms with Crippen LogP contribution < -0.4 is 0 Å². The van der Waals surface area contributed by atoms with Gasteiger partial charge >= 0.3 is 5.97 Å². The monoisotopic (exact) mass is 198 g/mol. The molecule has 0 aliphatic heterocycles. The van der Waals surface area contributed by atoms with E-state index in [2.05, 4.69) is 6.92 Å². The van der Waals surface area contributed by atoms with E-state index in [-0.39, 0.29) is 11.4 Å². The Morgan fingerprint density at radius 3 is 2.43 bits per heavy atom. The molecule has 0 aromatic heterocycles. The number of ether oxygens (including phenoxy) is 1. The summed E-state index contributed by atoms with van der Waals surface area (Å²) >= 11 is 0. The van der Waals surface area contributed by atoms with E-state index in [1.165, 1.54) is 39.2 Å². The number of unbranched alkanes of at least 4 members (excludes halogenated alkanes) is 2. The van der Waals surface area contributed by atoms with Crippen molar-refractivity contribution in [1.29, 1.82) is 0 Å². The van der Waals surface area contributed by atoms with E-state index < -0.39 is 0 Å². The van der Waals surface area contributed by atoms with Gasteiger partial charge in [-0.3, -0.25) is 4.79 Å². The first-order valence-corrected chi connectivity index (χ1v) is 5.83. The maximum absolute atomic E-state index is 11.7. The number of esters is 1. The Balaban J connectivity index is 2.49. The smallest absolute Gasteiger partial charge is 0.311 e. The number of carbonyl (C=O) groups is 1. The number of methoxy groups -OCH3 is 1. The SMILES string of the molecule is CCCCCC1(C(=O)OC)CCCC1. The van der Waals surface area contributed by atoms with Crippen LogP contribution in [0.15, 0.2) is 0 Å². The van der Waals surface area contributed by atoms with Crippen molar-refractivity contribution >= 4 is 5.97 Å². The maximum atomic E-state index is 11.7. The van der Waals surface area contributed by atoms with Crippen molar-refractivity contribution in [2.24, 2.45) is 5.41 Å². The van der Waals surface area contributed by atoms with Crippen LogP contribution in [0.1, 0.15) is 58.3 Å². The molecule has 0 aromatic carbocycles. The van der Waals surface area contributed by atoms with Crippen molar-refractivity contribution < 1.29 is 9.53 Å². The van der Waals surface area contributed by atoms with Crippen LogP contribution in [-0.4, -0.2) is 13.1 Å². The van der Waals surface area contributed by atoms with Gasteiger partial charge in [-0.2, -0.15) is 0 Å². The van der Waals surface area contributed by atoms with Crippen LogP contribution in [0.2, 0.25) is 0 Å². The summed E-state index contributed by atoms with van der Waals surface area (Å²) in [7, 11) is 1.52. The summed E-state index contributed by atoms with van der Waals surface area (Å²) in [5.74, 6) is 0.0334. The standard InChI is InChI=1S/C12H22O2/c1-3-4-5-8-12(11(13)14-2)9-6-7-10-12/h3-10H2,1-2H3. The molecule has 1 saturated carbocycles. The molecule has 0 N–H and O–H groups in total. The second-order valence-electron chi connectivity index (χ2n) is 4.44. The first-order chi connectivity index (χ1) is 6.75. The van der Waals surface area contributed by atoms with E-state index in [0.29, 0.717) is 0 Å². The molecular weight excluding hydrogens is 176 g/mol. The molecule has 0 radical (unpaired) electrons. The minimum atomic E-state index is -0.107. The predicted octanol–water partition coefficient (Wildman–Crippen LogP) is 3.30. The summed E-state index contributed by atoms with van der Waals surface area (Å²) in [4.78, 5) is 11.7. The Hall–Kier alpha value is -0.530. The van der Waals surface area contributed by atoms with Crippen LogP contribution in [0.5, 0.6) is 0 Å². The molecule has 0 bridgehead atoms. The number of carbonyl (C=O) groups excluding carboxylic acids is 1. The first-order valence-electron chi connectivity index (χ1n) is 5.83. The third-order valence-corrected chi connectivity index (χ3v) is 3.44. The highest BCUT2D eigenvalue weighted by Crippen LogP contribution is 2.43. The van der Waals surface area contributed by atoms with Crippen LogP contribution in [0.3, 0.4) is 0 Å². The molecule has 82 valence electrons. The van der Waals surface area contributed by atoms with Gasteiger partial charge in [-0.05, 0) is 19.3 Å². The number of hydrogen-bond donors (Lipinski definition) is 0. The lowest BCUT2D eigenvalue weighted by molar-refractivity contribution is -0.153. The summed E-state index contributed by atoms with van der Waals surface area (Å²) in [5.41, 5.74) is -0.107. The predicted molar refractivity (Wildman–Crippen MR) is 57.1 cm³/mol. The van der Waals surface area contributed by atoms with E-state index in [4.69, 9.17) is 4.74 Å². The fraction of sp³-hybridized carbons (Fsp3) is 0.917. The summed E-state index contributed by atoms with van der Waals surface area (Å²) in [5, 5.41) is 0. The molecule has 0 saturated heterocycles. The number of hydrogen-bond acceptors (Lipinski definition) is 2. The van der Waals surface area contributed by atoms with E-state index in [1.54, 1.807) is 0 Å². The van der Waals surface area contributed by atoms with Crippen molar-refractivity contribution in [1.82, 2.24) is 0 Å². The van der Waals surface area contributed by atoms with Gasteiger partial charge in [0.1, 0.15) is 0 Å². The minimum absolute atomic E-state index is 0.0334. The first kappa shape index (κ1) is 11.5.